The van der Waals surface area contributed by atoms with Crippen molar-refractivity contribution in [2.75, 3.05) is 13.2 Å². The van der Waals surface area contributed by atoms with Crippen molar-refractivity contribution >= 4 is 11.6 Å². The lowest BCUT2D eigenvalue weighted by molar-refractivity contribution is 0.143. The summed E-state index contributed by atoms with van der Waals surface area (Å²) in [5.74, 6) is 0. The summed E-state index contributed by atoms with van der Waals surface area (Å²) in [6, 6.07) is 6.74. The van der Waals surface area contributed by atoms with Crippen LogP contribution in [-0.2, 0) is 17.6 Å². The minimum absolute atomic E-state index is 0.0269. The van der Waals surface area contributed by atoms with E-state index < -0.39 is 0 Å². The van der Waals surface area contributed by atoms with Crippen LogP contribution < -0.4 is 0 Å². The zero-order valence-corrected chi connectivity index (χ0v) is 10.6. The first-order valence-corrected chi connectivity index (χ1v) is 6.58. The van der Waals surface area contributed by atoms with E-state index in [0.717, 1.165) is 19.4 Å². The van der Waals surface area contributed by atoms with Gasteiger partial charge in [-0.25, -0.2) is 0 Å². The van der Waals surface area contributed by atoms with Crippen LogP contribution in [0.2, 0.25) is 0 Å². The molecule has 0 bridgehead atoms. The molecule has 0 spiro atoms. The molecule has 1 aliphatic rings. The molecule has 1 unspecified atom stereocenters. The minimum Gasteiger partial charge on any atom is -0.379 e. The van der Waals surface area contributed by atoms with E-state index in [1.807, 2.05) is 0 Å². The molecule has 0 N–H and O–H groups in total. The fourth-order valence-electron chi connectivity index (χ4n) is 2.16. The van der Waals surface area contributed by atoms with Crippen LogP contribution in [-0.4, -0.2) is 13.2 Å². The van der Waals surface area contributed by atoms with Crippen molar-refractivity contribution in [1.29, 1.82) is 0 Å². The van der Waals surface area contributed by atoms with Gasteiger partial charge in [0, 0.05) is 0 Å². The Balaban J connectivity index is 2.21. The first kappa shape index (κ1) is 11.9. The van der Waals surface area contributed by atoms with Gasteiger partial charge >= 0.3 is 0 Å². The molecule has 16 heavy (non-hydrogen) atoms. The van der Waals surface area contributed by atoms with E-state index in [1.165, 1.54) is 29.5 Å². The molecule has 0 aromatic heterocycles. The average molecular weight is 239 g/mol. The summed E-state index contributed by atoms with van der Waals surface area (Å²) >= 11 is 6.33. The molecule has 1 nitrogen and oxygen atoms in total. The van der Waals surface area contributed by atoms with Crippen molar-refractivity contribution in [1.82, 2.24) is 0 Å². The van der Waals surface area contributed by atoms with E-state index in [0.29, 0.717) is 6.61 Å². The first-order valence-electron chi connectivity index (χ1n) is 6.14. The number of halogens is 1. The summed E-state index contributed by atoms with van der Waals surface area (Å²) in [5, 5.41) is 0.0269. The molecule has 1 aromatic rings. The van der Waals surface area contributed by atoms with Crippen LogP contribution in [0.1, 0.15) is 41.8 Å². The minimum atomic E-state index is 0.0269. The van der Waals surface area contributed by atoms with Crippen LogP contribution in [0.25, 0.3) is 0 Å². The smallest absolute Gasteiger partial charge is 0.0821 e. The second kappa shape index (κ2) is 5.70. The number of alkyl halides is 1. The van der Waals surface area contributed by atoms with Gasteiger partial charge in [-0.05, 0) is 36.0 Å². The van der Waals surface area contributed by atoms with Crippen LogP contribution in [0, 0.1) is 0 Å². The molecule has 1 aromatic carbocycles. The highest BCUT2D eigenvalue weighted by Crippen LogP contribution is 2.28. The van der Waals surface area contributed by atoms with Crippen molar-refractivity contribution in [3.05, 3.63) is 34.9 Å². The second-order valence-corrected chi connectivity index (χ2v) is 4.96. The van der Waals surface area contributed by atoms with E-state index in [9.17, 15) is 0 Å². The number of hydrogen-bond acceptors (Lipinski definition) is 1. The fourth-order valence-corrected chi connectivity index (χ4v) is 2.45. The Labute approximate surface area is 103 Å². The molecule has 0 radical (unpaired) electrons. The van der Waals surface area contributed by atoms with Crippen LogP contribution in [0.3, 0.4) is 0 Å². The molecule has 2 heteroatoms. The largest absolute Gasteiger partial charge is 0.379 e. The maximum absolute atomic E-state index is 6.33. The number of ether oxygens (including phenoxy) is 1. The Morgan fingerprint density at radius 1 is 1.44 bits per heavy atom. The normalized spacial score (nSPS) is 20.2. The monoisotopic (exact) mass is 238 g/mol. The fraction of sp³-hybridized carbons (Fsp3) is 0.571. The third-order valence-corrected chi connectivity index (χ3v) is 3.51. The molecule has 1 atom stereocenters. The highest BCUT2D eigenvalue weighted by atomic mass is 35.5. The van der Waals surface area contributed by atoms with Crippen molar-refractivity contribution in [3.8, 4) is 0 Å². The van der Waals surface area contributed by atoms with Crippen LogP contribution in [0.15, 0.2) is 18.2 Å². The van der Waals surface area contributed by atoms with Gasteiger partial charge in [0.1, 0.15) is 0 Å². The van der Waals surface area contributed by atoms with Gasteiger partial charge in [-0.15, -0.1) is 11.6 Å². The maximum Gasteiger partial charge on any atom is 0.0821 e. The van der Waals surface area contributed by atoms with E-state index in [1.54, 1.807) is 0 Å². The molecule has 0 aliphatic carbocycles. The van der Waals surface area contributed by atoms with E-state index >= 15 is 0 Å². The van der Waals surface area contributed by atoms with E-state index in [4.69, 9.17) is 16.3 Å². The molecule has 0 fully saturated rings. The average Bonchev–Trinajstić information content (AvgIpc) is 2.49. The molecule has 0 saturated carbocycles. The Kier molecular flexibility index (Phi) is 4.25. The highest BCUT2D eigenvalue weighted by Gasteiger charge is 2.16. The Bertz CT molecular complexity index is 349. The quantitative estimate of drug-likeness (QED) is 0.727. The number of unbranched alkanes of at least 4 members (excludes halogenated alkanes) is 1. The zero-order valence-electron chi connectivity index (χ0n) is 9.84. The standard InChI is InChI=1S/C14H19ClO/c1-2-3-4-11-5-6-12-7-8-16-10-14(15)13(12)9-11/h5-6,9,14H,2-4,7-8,10H2,1H3. The van der Waals surface area contributed by atoms with Crippen molar-refractivity contribution in [3.63, 3.8) is 0 Å². The summed E-state index contributed by atoms with van der Waals surface area (Å²) in [6.07, 6.45) is 4.65. The zero-order chi connectivity index (χ0) is 11.4. The van der Waals surface area contributed by atoms with Gasteiger partial charge < -0.3 is 4.74 Å². The molecular formula is C14H19ClO. The predicted molar refractivity (Wildman–Crippen MR) is 68.2 cm³/mol. The number of benzene rings is 1. The second-order valence-electron chi connectivity index (χ2n) is 4.43. The van der Waals surface area contributed by atoms with Gasteiger partial charge in [0.15, 0.2) is 0 Å². The molecule has 1 aliphatic heterocycles. The number of hydrogen-bond donors (Lipinski definition) is 0. The third kappa shape index (κ3) is 2.78. The number of rotatable bonds is 3. The summed E-state index contributed by atoms with van der Waals surface area (Å²) in [4.78, 5) is 0. The summed E-state index contributed by atoms with van der Waals surface area (Å²) in [7, 11) is 0. The maximum atomic E-state index is 6.33. The predicted octanol–water partition coefficient (Wildman–Crippen LogP) is 3.88. The van der Waals surface area contributed by atoms with Gasteiger partial charge in [0.2, 0.25) is 0 Å². The molecule has 1 heterocycles. The van der Waals surface area contributed by atoms with E-state index in [2.05, 4.69) is 25.1 Å². The van der Waals surface area contributed by atoms with Crippen molar-refractivity contribution in [2.24, 2.45) is 0 Å². The van der Waals surface area contributed by atoms with Crippen LogP contribution >= 0.6 is 11.6 Å². The van der Waals surface area contributed by atoms with Gasteiger partial charge in [0.05, 0.1) is 18.6 Å². The van der Waals surface area contributed by atoms with Gasteiger partial charge in [-0.2, -0.15) is 0 Å². The molecule has 0 amide bonds. The summed E-state index contributed by atoms with van der Waals surface area (Å²) in [5.41, 5.74) is 4.05. The molecule has 0 saturated heterocycles. The highest BCUT2D eigenvalue weighted by molar-refractivity contribution is 6.21. The Hall–Kier alpha value is -0.530. The van der Waals surface area contributed by atoms with Gasteiger partial charge in [0.25, 0.3) is 0 Å². The number of fused-ring (bicyclic) bond motifs is 1. The lowest BCUT2D eigenvalue weighted by Crippen LogP contribution is -2.00. The Morgan fingerprint density at radius 3 is 3.12 bits per heavy atom. The molecular weight excluding hydrogens is 220 g/mol. The first-order chi connectivity index (χ1) is 7.81. The van der Waals surface area contributed by atoms with Gasteiger partial charge in [-0.3, -0.25) is 0 Å². The summed E-state index contributed by atoms with van der Waals surface area (Å²) < 4.78 is 5.48. The SMILES string of the molecule is CCCCc1ccc2c(c1)C(Cl)COCC2. The lowest BCUT2D eigenvalue weighted by atomic mass is 9.97. The lowest BCUT2D eigenvalue weighted by Gasteiger charge is -2.11. The van der Waals surface area contributed by atoms with Crippen LogP contribution in [0.4, 0.5) is 0 Å². The molecule has 88 valence electrons. The number of aryl methyl sites for hydroxylation is 1. The van der Waals surface area contributed by atoms with Crippen molar-refractivity contribution in [2.45, 2.75) is 38.0 Å². The molecule has 2 rings (SSSR count). The summed E-state index contributed by atoms with van der Waals surface area (Å²) in [6.45, 7) is 3.66. The topological polar surface area (TPSA) is 9.23 Å². The van der Waals surface area contributed by atoms with E-state index in [-0.39, 0.29) is 5.38 Å². The van der Waals surface area contributed by atoms with Crippen molar-refractivity contribution < 1.29 is 4.74 Å². The Morgan fingerprint density at radius 2 is 2.31 bits per heavy atom. The van der Waals surface area contributed by atoms with Gasteiger partial charge in [-0.1, -0.05) is 31.5 Å². The third-order valence-electron chi connectivity index (χ3n) is 3.15. The van der Waals surface area contributed by atoms with Crippen LogP contribution in [0.5, 0.6) is 0 Å².